The maximum atomic E-state index is 12.6. The average molecular weight is 285 g/mol. The number of terminal acetylenes is 1. The van der Waals surface area contributed by atoms with Gasteiger partial charge in [-0.25, -0.2) is 4.90 Å². The molecule has 1 aliphatic heterocycles. The van der Waals surface area contributed by atoms with Gasteiger partial charge in [-0.15, -0.1) is 12.3 Å². The van der Waals surface area contributed by atoms with Crippen molar-refractivity contribution in [1.82, 2.24) is 0 Å². The third kappa shape index (κ3) is 2.06. The summed E-state index contributed by atoms with van der Waals surface area (Å²) in [5.74, 6) is 7.47. The quantitative estimate of drug-likeness (QED) is 0.597. The Morgan fingerprint density at radius 2 is 1.73 bits per heavy atom. The van der Waals surface area contributed by atoms with Crippen LogP contribution in [0.25, 0.3) is 0 Å². The Bertz CT molecular complexity index is 907. The molecule has 0 saturated heterocycles. The molecule has 0 saturated carbocycles. The fourth-order valence-corrected chi connectivity index (χ4v) is 2.43. The second-order valence-electron chi connectivity index (χ2n) is 4.78. The number of hydrogen-bond acceptors (Lipinski definition) is 2. The van der Waals surface area contributed by atoms with Crippen molar-refractivity contribution in [3.63, 3.8) is 0 Å². The molecule has 2 amide bonds. The number of fused-ring (bicyclic) bond motifs is 1. The van der Waals surface area contributed by atoms with Crippen LogP contribution in [0.3, 0.4) is 0 Å². The smallest absolute Gasteiger partial charge is 0.266 e. The van der Waals surface area contributed by atoms with Gasteiger partial charge in [0.1, 0.15) is 0 Å². The molecule has 2 aromatic rings. The largest absolute Gasteiger partial charge is 0.268 e. The maximum Gasteiger partial charge on any atom is 0.266 e. The summed E-state index contributed by atoms with van der Waals surface area (Å²) in [6.07, 6.45) is 5.37. The highest BCUT2D eigenvalue weighted by molar-refractivity contribution is 6.34. The van der Waals surface area contributed by atoms with Crippen molar-refractivity contribution < 1.29 is 9.59 Å². The lowest BCUT2D eigenvalue weighted by Gasteiger charge is -2.13. The van der Waals surface area contributed by atoms with E-state index in [1.54, 1.807) is 49.4 Å². The number of carbonyl (C=O) groups excluding carboxylic acids is 2. The van der Waals surface area contributed by atoms with Crippen LogP contribution >= 0.6 is 0 Å². The van der Waals surface area contributed by atoms with Gasteiger partial charge in [0.15, 0.2) is 0 Å². The van der Waals surface area contributed by atoms with Crippen LogP contribution in [0.15, 0.2) is 42.5 Å². The number of amides is 2. The number of rotatable bonds is 1. The van der Waals surface area contributed by atoms with Crippen molar-refractivity contribution in [3.05, 3.63) is 64.7 Å². The Morgan fingerprint density at radius 1 is 0.955 bits per heavy atom. The molecular weight excluding hydrogens is 274 g/mol. The van der Waals surface area contributed by atoms with Gasteiger partial charge < -0.3 is 0 Å². The Hall–Kier alpha value is -3.30. The normalized spacial score (nSPS) is 12.5. The molecule has 0 aromatic heterocycles. The first-order valence-corrected chi connectivity index (χ1v) is 6.68. The van der Waals surface area contributed by atoms with Crippen molar-refractivity contribution in [2.24, 2.45) is 0 Å². The number of nitrogens with zero attached hydrogens (tertiary/aromatic N) is 1. The van der Waals surface area contributed by atoms with Gasteiger partial charge in [0, 0.05) is 11.1 Å². The minimum absolute atomic E-state index is 0.342. The summed E-state index contributed by atoms with van der Waals surface area (Å²) in [5.41, 5.74) is 2.56. The van der Waals surface area contributed by atoms with E-state index in [1.807, 2.05) is 0 Å². The number of carbonyl (C=O) groups is 2. The van der Waals surface area contributed by atoms with Crippen molar-refractivity contribution in [2.45, 2.75) is 6.92 Å². The third-order valence-electron chi connectivity index (χ3n) is 3.43. The highest BCUT2D eigenvalue weighted by atomic mass is 16.2. The van der Waals surface area contributed by atoms with E-state index in [4.69, 9.17) is 6.42 Å². The predicted octanol–water partition coefficient (Wildman–Crippen LogP) is 2.84. The molecule has 3 heteroatoms. The molecule has 1 heterocycles. The van der Waals surface area contributed by atoms with Crippen LogP contribution in [0.4, 0.5) is 5.69 Å². The molecule has 0 atom stereocenters. The minimum Gasteiger partial charge on any atom is -0.268 e. The minimum atomic E-state index is -0.353. The van der Waals surface area contributed by atoms with Gasteiger partial charge in [0.05, 0.1) is 16.8 Å². The van der Waals surface area contributed by atoms with Crippen molar-refractivity contribution in [3.8, 4) is 24.2 Å². The Labute approximate surface area is 128 Å². The summed E-state index contributed by atoms with van der Waals surface area (Å²) in [7, 11) is 0. The highest BCUT2D eigenvalue weighted by Gasteiger charge is 2.36. The molecule has 104 valence electrons. The standard InChI is InChI=1S/C19H11NO2/c1-3-6-14-9-10-16-17(12-14)19(22)20(18(16)21)15-8-5-7-13(4-2)11-15/h2,5,7-12H,1H3. The van der Waals surface area contributed by atoms with Crippen LogP contribution in [0.1, 0.15) is 38.8 Å². The monoisotopic (exact) mass is 285 g/mol. The molecular formula is C19H11NO2. The topological polar surface area (TPSA) is 37.4 Å². The van der Waals surface area contributed by atoms with E-state index >= 15 is 0 Å². The lowest BCUT2D eigenvalue weighted by atomic mass is 10.1. The van der Waals surface area contributed by atoms with E-state index in [2.05, 4.69) is 17.8 Å². The summed E-state index contributed by atoms with van der Waals surface area (Å²) in [6, 6.07) is 11.8. The van der Waals surface area contributed by atoms with E-state index in [0.29, 0.717) is 27.9 Å². The number of anilines is 1. The van der Waals surface area contributed by atoms with Gasteiger partial charge in [0.2, 0.25) is 0 Å². The van der Waals surface area contributed by atoms with Crippen molar-refractivity contribution >= 4 is 17.5 Å². The maximum absolute atomic E-state index is 12.6. The second-order valence-corrected chi connectivity index (χ2v) is 4.78. The Balaban J connectivity index is 2.09. The molecule has 1 aliphatic rings. The molecule has 0 N–H and O–H groups in total. The molecule has 0 spiro atoms. The fourth-order valence-electron chi connectivity index (χ4n) is 2.43. The summed E-state index contributed by atoms with van der Waals surface area (Å²) in [4.78, 5) is 26.2. The van der Waals surface area contributed by atoms with Crippen molar-refractivity contribution in [1.29, 1.82) is 0 Å². The lowest BCUT2D eigenvalue weighted by Crippen LogP contribution is -2.29. The zero-order valence-corrected chi connectivity index (χ0v) is 11.9. The first-order valence-electron chi connectivity index (χ1n) is 6.68. The predicted molar refractivity (Wildman–Crippen MR) is 84.5 cm³/mol. The first kappa shape index (κ1) is 13.7. The third-order valence-corrected chi connectivity index (χ3v) is 3.43. The molecule has 0 unspecified atom stereocenters. The number of hydrogen-bond donors (Lipinski definition) is 0. The molecule has 0 fully saturated rings. The van der Waals surface area contributed by atoms with Crippen LogP contribution in [0.2, 0.25) is 0 Å². The van der Waals surface area contributed by atoms with Gasteiger partial charge in [-0.1, -0.05) is 17.9 Å². The van der Waals surface area contributed by atoms with Crippen LogP contribution in [0, 0.1) is 24.2 Å². The summed E-state index contributed by atoms with van der Waals surface area (Å²) in [5, 5.41) is 0. The van der Waals surface area contributed by atoms with Gasteiger partial charge in [-0.05, 0) is 43.3 Å². The SMILES string of the molecule is C#Cc1cccc(N2C(=O)c3ccc(C#CC)cc3C2=O)c1. The van der Waals surface area contributed by atoms with E-state index in [1.165, 1.54) is 0 Å². The average Bonchev–Trinajstić information content (AvgIpc) is 2.79. The summed E-state index contributed by atoms with van der Waals surface area (Å²) in [6.45, 7) is 1.72. The van der Waals surface area contributed by atoms with Crippen LogP contribution in [-0.2, 0) is 0 Å². The molecule has 0 aliphatic carbocycles. The van der Waals surface area contributed by atoms with Crippen LogP contribution < -0.4 is 4.90 Å². The van der Waals surface area contributed by atoms with Gasteiger partial charge in [0.25, 0.3) is 11.8 Å². The summed E-state index contributed by atoms with van der Waals surface area (Å²) < 4.78 is 0. The Morgan fingerprint density at radius 3 is 2.45 bits per heavy atom. The molecule has 3 rings (SSSR count). The number of imide groups is 1. The first-order chi connectivity index (χ1) is 10.7. The molecule has 22 heavy (non-hydrogen) atoms. The molecule has 2 aromatic carbocycles. The fraction of sp³-hybridized carbons (Fsp3) is 0.0526. The molecule has 0 bridgehead atoms. The van der Waals surface area contributed by atoms with E-state index in [0.717, 1.165) is 4.90 Å². The van der Waals surface area contributed by atoms with E-state index in [9.17, 15) is 9.59 Å². The zero-order chi connectivity index (χ0) is 15.7. The van der Waals surface area contributed by atoms with Crippen molar-refractivity contribution in [2.75, 3.05) is 4.90 Å². The van der Waals surface area contributed by atoms with Gasteiger partial charge >= 0.3 is 0 Å². The number of benzene rings is 2. The van der Waals surface area contributed by atoms with Crippen LogP contribution in [0.5, 0.6) is 0 Å². The molecule has 0 radical (unpaired) electrons. The highest BCUT2D eigenvalue weighted by Crippen LogP contribution is 2.29. The second kappa shape index (κ2) is 5.24. The zero-order valence-electron chi connectivity index (χ0n) is 11.9. The Kier molecular flexibility index (Phi) is 3.26. The lowest BCUT2D eigenvalue weighted by molar-refractivity contribution is 0.0926. The van der Waals surface area contributed by atoms with Gasteiger partial charge in [-0.2, -0.15) is 0 Å². The van der Waals surface area contributed by atoms with Crippen LogP contribution in [-0.4, -0.2) is 11.8 Å². The van der Waals surface area contributed by atoms with E-state index < -0.39 is 0 Å². The van der Waals surface area contributed by atoms with Gasteiger partial charge in [-0.3, -0.25) is 9.59 Å². The van der Waals surface area contributed by atoms with E-state index in [-0.39, 0.29) is 11.8 Å². The summed E-state index contributed by atoms with van der Waals surface area (Å²) >= 11 is 0. The molecule has 3 nitrogen and oxygen atoms in total.